The number of nitrogens with zero attached hydrogens (tertiary/aromatic N) is 2. The number of nitriles is 1. The van der Waals surface area contributed by atoms with Crippen molar-refractivity contribution in [2.24, 2.45) is 17.2 Å². The molecule has 4 bridgehead atoms. The third-order valence-electron chi connectivity index (χ3n) is 11.2. The lowest BCUT2D eigenvalue weighted by Gasteiger charge is -2.32. The van der Waals surface area contributed by atoms with Crippen molar-refractivity contribution in [2.75, 3.05) is 46.4 Å². The van der Waals surface area contributed by atoms with Crippen molar-refractivity contribution in [3.63, 3.8) is 0 Å². The first kappa shape index (κ1) is 50.6. The lowest BCUT2D eigenvalue weighted by atomic mass is 9.93. The van der Waals surface area contributed by atoms with E-state index in [0.29, 0.717) is 45.7 Å². The van der Waals surface area contributed by atoms with Crippen LogP contribution in [0.1, 0.15) is 104 Å². The predicted molar refractivity (Wildman–Crippen MR) is 246 cm³/mol. The fourth-order valence-electron chi connectivity index (χ4n) is 7.79. The second-order valence-electron chi connectivity index (χ2n) is 16.0. The Balaban J connectivity index is 1.77. The van der Waals surface area contributed by atoms with Crippen LogP contribution in [0.5, 0.6) is 11.5 Å². The van der Waals surface area contributed by atoms with Crippen LogP contribution in [0, 0.1) is 11.3 Å². The van der Waals surface area contributed by atoms with E-state index in [-0.39, 0.29) is 52.2 Å². The summed E-state index contributed by atoms with van der Waals surface area (Å²) in [6.07, 6.45) is 8.72. The zero-order chi connectivity index (χ0) is 46.6. The number of hydrogen-bond donors (Lipinski definition) is 7. The SMILES string of the molecule is CCCCCCCCc1ccc(C(=O)N[C@@H](CCN)C(=O)N(C)[C@@H]2C(=O)N[C@@H](C)C(=O)N[C@H](C(=O)NCC#N)Cc3ccc(OCCN)c(c3)-c3cc2ccc3OCCN)c(CC)c1. The molecule has 1 heterocycles. The number of amides is 5. The van der Waals surface area contributed by atoms with Gasteiger partial charge in [0.05, 0.1) is 6.07 Å². The maximum Gasteiger partial charge on any atom is 0.252 e. The molecule has 0 spiro atoms. The summed E-state index contributed by atoms with van der Waals surface area (Å²) in [6, 6.07) is 13.2. The third-order valence-corrected chi connectivity index (χ3v) is 11.2. The predicted octanol–water partition coefficient (Wildman–Crippen LogP) is 3.33. The van der Waals surface area contributed by atoms with E-state index in [2.05, 4.69) is 34.3 Å². The van der Waals surface area contributed by atoms with E-state index in [1.54, 1.807) is 42.5 Å². The summed E-state index contributed by atoms with van der Waals surface area (Å²) in [4.78, 5) is 71.5. The number of rotatable bonds is 22. The monoisotopic (exact) mass is 882 g/mol. The molecule has 1 aliphatic heterocycles. The minimum Gasteiger partial charge on any atom is -0.492 e. The quantitative estimate of drug-likeness (QED) is 0.0569. The molecule has 0 radical (unpaired) electrons. The number of benzene rings is 3. The van der Waals surface area contributed by atoms with Gasteiger partial charge in [-0.1, -0.05) is 70.2 Å². The molecule has 16 nitrogen and oxygen atoms in total. The molecule has 16 heteroatoms. The summed E-state index contributed by atoms with van der Waals surface area (Å²) in [5, 5.41) is 20.0. The Morgan fingerprint density at radius 2 is 1.53 bits per heavy atom. The van der Waals surface area contributed by atoms with Crippen molar-refractivity contribution < 1.29 is 33.4 Å². The average Bonchev–Trinajstić information content (AvgIpc) is 3.29. The summed E-state index contributed by atoms with van der Waals surface area (Å²) in [7, 11) is 1.45. The maximum absolute atomic E-state index is 14.7. The molecular weight excluding hydrogens is 815 g/mol. The van der Waals surface area contributed by atoms with Gasteiger partial charge in [0.2, 0.25) is 23.6 Å². The van der Waals surface area contributed by atoms with Gasteiger partial charge in [0, 0.05) is 43.2 Å². The first-order valence-electron chi connectivity index (χ1n) is 22.5. The molecule has 0 saturated carbocycles. The van der Waals surface area contributed by atoms with Crippen LogP contribution in [-0.2, 0) is 38.4 Å². The molecule has 346 valence electrons. The van der Waals surface area contributed by atoms with E-state index in [1.807, 2.05) is 19.1 Å². The van der Waals surface area contributed by atoms with Gasteiger partial charge in [-0.25, -0.2) is 0 Å². The Hall–Kier alpha value is -6.02. The van der Waals surface area contributed by atoms with Crippen molar-refractivity contribution in [2.45, 2.75) is 109 Å². The lowest BCUT2D eigenvalue weighted by molar-refractivity contribution is -0.141. The summed E-state index contributed by atoms with van der Waals surface area (Å²) >= 11 is 0. The average molecular weight is 882 g/mol. The van der Waals surface area contributed by atoms with Crippen LogP contribution in [0.3, 0.4) is 0 Å². The van der Waals surface area contributed by atoms with Crippen LogP contribution in [0.2, 0.25) is 0 Å². The van der Waals surface area contributed by atoms with E-state index in [1.165, 1.54) is 44.6 Å². The van der Waals surface area contributed by atoms with Crippen molar-refractivity contribution >= 4 is 29.5 Å². The minimum atomic E-state index is -1.36. The third kappa shape index (κ3) is 14.0. The van der Waals surface area contributed by atoms with Crippen LogP contribution in [0.25, 0.3) is 11.1 Å². The molecule has 3 aromatic rings. The summed E-state index contributed by atoms with van der Waals surface area (Å²) in [5.41, 5.74) is 22.2. The molecule has 10 N–H and O–H groups in total. The van der Waals surface area contributed by atoms with Gasteiger partial charge in [-0.15, -0.1) is 0 Å². The Morgan fingerprint density at radius 1 is 0.859 bits per heavy atom. The molecule has 64 heavy (non-hydrogen) atoms. The van der Waals surface area contributed by atoms with Crippen LogP contribution >= 0.6 is 0 Å². The van der Waals surface area contributed by atoms with Gasteiger partial charge in [-0.2, -0.15) is 5.26 Å². The molecule has 5 amide bonds. The number of nitrogens with one attached hydrogen (secondary N) is 4. The van der Waals surface area contributed by atoms with E-state index < -0.39 is 53.7 Å². The zero-order valence-corrected chi connectivity index (χ0v) is 37.8. The van der Waals surface area contributed by atoms with E-state index in [9.17, 15) is 24.0 Å². The molecule has 4 rings (SSSR count). The topological polar surface area (TPSA) is 257 Å². The van der Waals surface area contributed by atoms with Crippen LogP contribution in [0.4, 0.5) is 0 Å². The van der Waals surface area contributed by atoms with Gasteiger partial charge >= 0.3 is 0 Å². The Kier molecular flexibility index (Phi) is 20.5. The van der Waals surface area contributed by atoms with Crippen molar-refractivity contribution in [3.8, 4) is 28.7 Å². The lowest BCUT2D eigenvalue weighted by Crippen LogP contribution is -2.56. The smallest absolute Gasteiger partial charge is 0.252 e. The number of hydrogen-bond acceptors (Lipinski definition) is 11. The number of aryl methyl sites for hydroxylation is 2. The Labute approximate surface area is 377 Å². The van der Waals surface area contributed by atoms with Crippen LogP contribution < -0.4 is 47.9 Å². The van der Waals surface area contributed by atoms with Crippen LogP contribution in [-0.4, -0.2) is 99.0 Å². The molecule has 0 aliphatic carbocycles. The van der Waals surface area contributed by atoms with Gasteiger partial charge in [0.1, 0.15) is 55.4 Å². The fourth-order valence-corrected chi connectivity index (χ4v) is 7.79. The molecular formula is C48H67N9O7. The number of fused-ring (bicyclic) bond motifs is 5. The standard InChI is InChI=1S/C48H67N9O7/c1-5-7-8-9-10-11-12-32-13-16-36(34(6-2)27-32)45(59)55-39(19-20-49)48(62)57(4)43-35-15-18-42(64-26-23-52)38(30-35)37-28-33(14-17-41(37)63-25-22-51)29-40(46(60)53-24-21-50)56-44(58)31(3)54-47(43)61/h13-18,27-28,30-31,39-40,43H,5-12,19-20,22-26,29,49,51-52H2,1-4H3,(H,53,60)(H,54,61)(H,55,59)(H,56,58)/t31-,39-,40-,43-/m0/s1. The second-order valence-corrected chi connectivity index (χ2v) is 16.0. The zero-order valence-electron chi connectivity index (χ0n) is 37.8. The highest BCUT2D eigenvalue weighted by molar-refractivity contribution is 6.00. The fraction of sp³-hybridized carbons (Fsp3) is 0.500. The molecule has 0 aromatic heterocycles. The number of nitrogens with two attached hydrogens (primary N) is 3. The van der Waals surface area contributed by atoms with E-state index in [4.69, 9.17) is 31.9 Å². The second kappa shape index (κ2) is 25.9. The molecule has 0 unspecified atom stereocenters. The summed E-state index contributed by atoms with van der Waals surface area (Å²) in [5.74, 6) is -2.23. The number of carbonyl (C=O) groups excluding carboxylic acids is 5. The number of carbonyl (C=O) groups is 5. The highest BCUT2D eigenvalue weighted by Crippen LogP contribution is 2.40. The van der Waals surface area contributed by atoms with Gasteiger partial charge in [0.25, 0.3) is 5.91 Å². The van der Waals surface area contributed by atoms with Gasteiger partial charge < -0.3 is 52.8 Å². The molecule has 0 fully saturated rings. The Bertz CT molecular complexity index is 2110. The molecule has 3 aromatic carbocycles. The first-order valence-corrected chi connectivity index (χ1v) is 22.5. The van der Waals surface area contributed by atoms with Gasteiger partial charge in [0.15, 0.2) is 0 Å². The van der Waals surface area contributed by atoms with Crippen molar-refractivity contribution in [3.05, 3.63) is 82.4 Å². The van der Waals surface area contributed by atoms with Crippen LogP contribution in [0.15, 0.2) is 54.6 Å². The normalized spacial score (nSPS) is 16.6. The largest absolute Gasteiger partial charge is 0.492 e. The maximum atomic E-state index is 14.7. The van der Waals surface area contributed by atoms with E-state index >= 15 is 0 Å². The van der Waals surface area contributed by atoms with Gasteiger partial charge in [-0.05, 0) is 91.7 Å². The van der Waals surface area contributed by atoms with Crippen molar-refractivity contribution in [1.29, 1.82) is 5.26 Å². The summed E-state index contributed by atoms with van der Waals surface area (Å²) in [6.45, 7) is 6.14. The number of unbranched alkanes of at least 4 members (excludes halogenated alkanes) is 5. The summed E-state index contributed by atoms with van der Waals surface area (Å²) < 4.78 is 12.2. The first-order chi connectivity index (χ1) is 30.9. The van der Waals surface area contributed by atoms with Gasteiger partial charge in [-0.3, -0.25) is 24.0 Å². The number of ether oxygens (including phenoxy) is 2. The van der Waals surface area contributed by atoms with Crippen molar-refractivity contribution in [1.82, 2.24) is 26.2 Å². The van der Waals surface area contributed by atoms with E-state index in [0.717, 1.165) is 30.4 Å². The minimum absolute atomic E-state index is 0.0176. The Morgan fingerprint density at radius 3 is 2.19 bits per heavy atom. The highest BCUT2D eigenvalue weighted by Gasteiger charge is 2.36. The molecule has 4 atom stereocenters. The molecule has 0 saturated heterocycles. The number of likely N-dealkylation sites (N-methyl/N-ethyl adjacent to an activating group) is 1. The highest BCUT2D eigenvalue weighted by atomic mass is 16.5. The molecule has 1 aliphatic rings.